The molecule has 3 aromatic rings. The molecule has 27 heavy (non-hydrogen) atoms. The van der Waals surface area contributed by atoms with Gasteiger partial charge >= 0.3 is 0 Å². The Kier molecular flexibility index (Phi) is 5.41. The number of amides is 1. The van der Waals surface area contributed by atoms with Gasteiger partial charge in [-0.15, -0.1) is 11.3 Å². The Morgan fingerprint density at radius 1 is 1.30 bits per heavy atom. The van der Waals surface area contributed by atoms with Crippen molar-refractivity contribution in [1.82, 2.24) is 14.9 Å². The van der Waals surface area contributed by atoms with Crippen molar-refractivity contribution in [2.45, 2.75) is 37.3 Å². The van der Waals surface area contributed by atoms with E-state index in [9.17, 15) is 9.18 Å². The predicted octanol–water partition coefficient (Wildman–Crippen LogP) is 4.46. The van der Waals surface area contributed by atoms with Crippen LogP contribution in [0.5, 0.6) is 0 Å². The molecule has 0 spiro atoms. The summed E-state index contributed by atoms with van der Waals surface area (Å²) < 4.78 is 13.3. The number of thiophene rings is 1. The number of aryl methyl sites for hydroxylation is 2. The van der Waals surface area contributed by atoms with Gasteiger partial charge in [-0.1, -0.05) is 23.9 Å². The van der Waals surface area contributed by atoms with Gasteiger partial charge in [0.1, 0.15) is 22.0 Å². The summed E-state index contributed by atoms with van der Waals surface area (Å²) in [7, 11) is 1.75. The van der Waals surface area contributed by atoms with Crippen molar-refractivity contribution in [3.05, 3.63) is 52.4 Å². The van der Waals surface area contributed by atoms with Gasteiger partial charge in [-0.25, -0.2) is 14.4 Å². The third kappa shape index (κ3) is 3.99. The lowest BCUT2D eigenvalue weighted by atomic mass is 9.97. The number of hydrogen-bond acceptors (Lipinski definition) is 5. The second-order valence-corrected chi connectivity index (χ2v) is 8.79. The van der Waals surface area contributed by atoms with E-state index in [0.29, 0.717) is 12.3 Å². The summed E-state index contributed by atoms with van der Waals surface area (Å²) in [5, 5.41) is 2.04. The SMILES string of the molecule is CN(Cc1cccc(F)c1)C(=O)CSc1ncnc2sc3c(c12)CCCC3. The maximum absolute atomic E-state index is 13.3. The molecule has 1 aliphatic rings. The molecule has 2 aromatic heterocycles. The molecule has 140 valence electrons. The molecule has 0 saturated heterocycles. The Hall–Kier alpha value is -1.99. The van der Waals surface area contributed by atoms with Crippen molar-refractivity contribution < 1.29 is 9.18 Å². The molecule has 0 unspecified atom stereocenters. The highest BCUT2D eigenvalue weighted by Crippen LogP contribution is 2.39. The molecule has 1 aromatic carbocycles. The molecule has 0 N–H and O–H groups in total. The van der Waals surface area contributed by atoms with E-state index in [2.05, 4.69) is 9.97 Å². The number of nitrogens with zero attached hydrogens (tertiary/aromatic N) is 3. The number of rotatable bonds is 5. The Labute approximate surface area is 165 Å². The third-order valence-corrected chi connectivity index (χ3v) is 6.96. The summed E-state index contributed by atoms with van der Waals surface area (Å²) in [4.78, 5) is 25.5. The van der Waals surface area contributed by atoms with E-state index in [1.165, 1.54) is 47.2 Å². The molecule has 0 saturated carbocycles. The van der Waals surface area contributed by atoms with Gasteiger partial charge in [0, 0.05) is 23.9 Å². The summed E-state index contributed by atoms with van der Waals surface area (Å²) in [6.07, 6.45) is 6.22. The first-order valence-corrected chi connectivity index (χ1v) is 10.8. The van der Waals surface area contributed by atoms with E-state index >= 15 is 0 Å². The highest BCUT2D eigenvalue weighted by molar-refractivity contribution is 8.00. The van der Waals surface area contributed by atoms with Gasteiger partial charge in [0.15, 0.2) is 0 Å². The number of benzene rings is 1. The van der Waals surface area contributed by atoms with Crippen molar-refractivity contribution in [3.8, 4) is 0 Å². The standard InChI is InChI=1S/C20H20FN3OS2/c1-24(10-13-5-4-6-14(21)9-13)17(25)11-26-19-18-15-7-2-3-8-16(15)27-20(18)23-12-22-19/h4-6,9,12H,2-3,7-8,10-11H2,1H3. The monoisotopic (exact) mass is 401 g/mol. The first-order valence-electron chi connectivity index (χ1n) is 8.98. The quantitative estimate of drug-likeness (QED) is 0.468. The molecule has 2 heterocycles. The molecule has 4 rings (SSSR count). The van der Waals surface area contributed by atoms with Crippen LogP contribution in [-0.2, 0) is 24.2 Å². The van der Waals surface area contributed by atoms with Gasteiger partial charge < -0.3 is 4.90 Å². The highest BCUT2D eigenvalue weighted by atomic mass is 32.2. The number of fused-ring (bicyclic) bond motifs is 3. The summed E-state index contributed by atoms with van der Waals surface area (Å²) in [6, 6.07) is 6.35. The van der Waals surface area contributed by atoms with Gasteiger partial charge in [-0.05, 0) is 48.9 Å². The maximum Gasteiger partial charge on any atom is 0.233 e. The zero-order valence-corrected chi connectivity index (χ0v) is 16.7. The van der Waals surface area contributed by atoms with Gasteiger partial charge in [0.2, 0.25) is 5.91 Å². The van der Waals surface area contributed by atoms with Crippen LogP contribution in [0.3, 0.4) is 0 Å². The maximum atomic E-state index is 13.3. The van der Waals surface area contributed by atoms with Crippen LogP contribution in [0.1, 0.15) is 28.8 Å². The number of hydrogen-bond donors (Lipinski definition) is 0. The molecule has 1 amide bonds. The van der Waals surface area contributed by atoms with Crippen molar-refractivity contribution in [2.24, 2.45) is 0 Å². The van der Waals surface area contributed by atoms with E-state index in [4.69, 9.17) is 0 Å². The van der Waals surface area contributed by atoms with Crippen molar-refractivity contribution >= 4 is 39.2 Å². The molecule has 1 aliphatic carbocycles. The predicted molar refractivity (Wildman–Crippen MR) is 108 cm³/mol. The first-order chi connectivity index (χ1) is 13.1. The van der Waals surface area contributed by atoms with Crippen molar-refractivity contribution in [2.75, 3.05) is 12.8 Å². The van der Waals surface area contributed by atoms with E-state index < -0.39 is 0 Å². The largest absolute Gasteiger partial charge is 0.341 e. The summed E-state index contributed by atoms with van der Waals surface area (Å²) in [5.74, 6) is 0.0242. The molecular formula is C20H20FN3OS2. The number of carbonyl (C=O) groups excluding carboxylic acids is 1. The van der Waals surface area contributed by atoms with Gasteiger partial charge in [-0.3, -0.25) is 4.79 Å². The van der Waals surface area contributed by atoms with Crippen LogP contribution in [-0.4, -0.2) is 33.6 Å². The number of halogens is 1. The molecule has 7 heteroatoms. The summed E-state index contributed by atoms with van der Waals surface area (Å²) >= 11 is 3.23. The smallest absolute Gasteiger partial charge is 0.233 e. The van der Waals surface area contributed by atoms with Gasteiger partial charge in [0.05, 0.1) is 5.75 Å². The molecule has 4 nitrogen and oxygen atoms in total. The van der Waals surface area contributed by atoms with Crippen molar-refractivity contribution in [1.29, 1.82) is 0 Å². The van der Waals surface area contributed by atoms with Crippen molar-refractivity contribution in [3.63, 3.8) is 0 Å². The fraction of sp³-hybridized carbons (Fsp3) is 0.350. The van der Waals surface area contributed by atoms with Gasteiger partial charge in [0.25, 0.3) is 0 Å². The van der Waals surface area contributed by atoms with Crippen LogP contribution in [0.25, 0.3) is 10.2 Å². The van der Waals surface area contributed by atoms with Crippen LogP contribution in [0.2, 0.25) is 0 Å². The van der Waals surface area contributed by atoms with E-state index in [1.54, 1.807) is 35.7 Å². The molecule has 0 fully saturated rings. The van der Waals surface area contributed by atoms with E-state index in [1.807, 2.05) is 6.07 Å². The molecule has 0 aliphatic heterocycles. The van der Waals surface area contributed by atoms with Gasteiger partial charge in [-0.2, -0.15) is 0 Å². The van der Waals surface area contributed by atoms with E-state index in [-0.39, 0.29) is 11.7 Å². The average molecular weight is 402 g/mol. The zero-order valence-electron chi connectivity index (χ0n) is 15.1. The third-order valence-electron chi connectivity index (χ3n) is 4.78. The summed E-state index contributed by atoms with van der Waals surface area (Å²) in [6.45, 7) is 0.393. The fourth-order valence-electron chi connectivity index (χ4n) is 3.41. The normalized spacial score (nSPS) is 13.6. The molecule has 0 atom stereocenters. The zero-order chi connectivity index (χ0) is 18.8. The van der Waals surface area contributed by atoms with Crippen LogP contribution < -0.4 is 0 Å². The van der Waals surface area contributed by atoms with Crippen LogP contribution in [0, 0.1) is 5.82 Å². The first kappa shape index (κ1) is 18.4. The second-order valence-electron chi connectivity index (χ2n) is 6.74. The Balaban J connectivity index is 1.46. The minimum Gasteiger partial charge on any atom is -0.341 e. The Morgan fingerprint density at radius 2 is 2.15 bits per heavy atom. The van der Waals surface area contributed by atoms with Crippen LogP contribution >= 0.6 is 23.1 Å². The number of thioether (sulfide) groups is 1. The molecular weight excluding hydrogens is 381 g/mol. The number of carbonyl (C=O) groups is 1. The van der Waals surface area contributed by atoms with Crippen LogP contribution in [0.4, 0.5) is 4.39 Å². The van der Waals surface area contributed by atoms with E-state index in [0.717, 1.165) is 33.6 Å². The minimum atomic E-state index is -0.284. The minimum absolute atomic E-state index is 0.000112. The topological polar surface area (TPSA) is 46.1 Å². The fourth-order valence-corrected chi connectivity index (χ4v) is 5.67. The average Bonchev–Trinajstić information content (AvgIpc) is 3.05. The number of aromatic nitrogens is 2. The highest BCUT2D eigenvalue weighted by Gasteiger charge is 2.21. The molecule has 0 radical (unpaired) electrons. The van der Waals surface area contributed by atoms with Crippen LogP contribution in [0.15, 0.2) is 35.6 Å². The lowest BCUT2D eigenvalue weighted by Crippen LogP contribution is -2.27. The lowest BCUT2D eigenvalue weighted by molar-refractivity contribution is -0.127. The molecule has 0 bridgehead atoms. The summed E-state index contributed by atoms with van der Waals surface area (Å²) in [5.41, 5.74) is 2.16. The Morgan fingerprint density at radius 3 is 3.00 bits per heavy atom. The lowest BCUT2D eigenvalue weighted by Gasteiger charge is -2.17. The Bertz CT molecular complexity index is 989. The second kappa shape index (κ2) is 7.94.